The monoisotopic (exact) mass is 351 g/mol. The van der Waals surface area contributed by atoms with Crippen molar-refractivity contribution >= 4 is 27.5 Å². The summed E-state index contributed by atoms with van der Waals surface area (Å²) in [6.45, 7) is 1.82. The van der Waals surface area contributed by atoms with E-state index in [0.717, 1.165) is 49.7 Å². The van der Waals surface area contributed by atoms with Crippen molar-refractivity contribution in [2.45, 2.75) is 43.7 Å². The van der Waals surface area contributed by atoms with Crippen molar-refractivity contribution < 1.29 is 4.79 Å². The standard InChI is InChI=1S/C16H22BrN3O/c17-13-5-1-2-6-14(13)20-10-7-12(11-20)19-15(21)16(18)8-3-4-9-16/h1-2,5-6,12H,3-4,7-11,18H2,(H,19,21). The molecule has 1 unspecified atom stereocenters. The molecule has 1 amide bonds. The highest BCUT2D eigenvalue weighted by Crippen LogP contribution is 2.30. The van der Waals surface area contributed by atoms with Crippen LogP contribution in [0.15, 0.2) is 28.7 Å². The number of halogens is 1. The summed E-state index contributed by atoms with van der Waals surface area (Å²) in [6, 6.07) is 8.41. The number of carbonyl (C=O) groups is 1. The fraction of sp³-hybridized carbons (Fsp3) is 0.562. The van der Waals surface area contributed by atoms with Crippen LogP contribution in [-0.4, -0.2) is 30.6 Å². The molecule has 21 heavy (non-hydrogen) atoms. The first kappa shape index (κ1) is 14.9. The Morgan fingerprint density at radius 3 is 2.76 bits per heavy atom. The van der Waals surface area contributed by atoms with Gasteiger partial charge in [0.15, 0.2) is 0 Å². The molecule has 0 spiro atoms. The zero-order valence-electron chi connectivity index (χ0n) is 12.1. The quantitative estimate of drug-likeness (QED) is 0.878. The van der Waals surface area contributed by atoms with Gasteiger partial charge in [0.25, 0.3) is 0 Å². The molecule has 1 aliphatic carbocycles. The molecular formula is C16H22BrN3O. The molecule has 114 valence electrons. The number of amides is 1. The van der Waals surface area contributed by atoms with Crippen LogP contribution in [-0.2, 0) is 4.79 Å². The zero-order valence-corrected chi connectivity index (χ0v) is 13.7. The molecule has 1 saturated heterocycles. The minimum absolute atomic E-state index is 0.0407. The Kier molecular flexibility index (Phi) is 4.22. The van der Waals surface area contributed by atoms with Crippen molar-refractivity contribution in [3.05, 3.63) is 28.7 Å². The first-order valence-electron chi connectivity index (χ1n) is 7.68. The van der Waals surface area contributed by atoms with E-state index in [-0.39, 0.29) is 11.9 Å². The topological polar surface area (TPSA) is 58.4 Å². The predicted octanol–water partition coefficient (Wildman–Crippen LogP) is 2.42. The second-order valence-electron chi connectivity index (χ2n) is 6.22. The van der Waals surface area contributed by atoms with Gasteiger partial charge in [0.2, 0.25) is 5.91 Å². The average Bonchev–Trinajstić information content (AvgIpc) is 3.09. The van der Waals surface area contributed by atoms with Gasteiger partial charge in [-0.2, -0.15) is 0 Å². The maximum Gasteiger partial charge on any atom is 0.240 e. The van der Waals surface area contributed by atoms with E-state index in [1.54, 1.807) is 0 Å². The van der Waals surface area contributed by atoms with Crippen LogP contribution < -0.4 is 16.0 Å². The highest BCUT2D eigenvalue weighted by atomic mass is 79.9. The van der Waals surface area contributed by atoms with Gasteiger partial charge in [-0.3, -0.25) is 4.79 Å². The van der Waals surface area contributed by atoms with Gasteiger partial charge < -0.3 is 16.0 Å². The number of carbonyl (C=O) groups excluding carboxylic acids is 1. The van der Waals surface area contributed by atoms with Crippen molar-refractivity contribution in [1.82, 2.24) is 5.32 Å². The fourth-order valence-electron chi connectivity index (χ4n) is 3.37. The van der Waals surface area contributed by atoms with E-state index in [9.17, 15) is 4.79 Å². The molecule has 1 atom stereocenters. The number of hydrogen-bond acceptors (Lipinski definition) is 3. The summed E-state index contributed by atoms with van der Waals surface area (Å²) < 4.78 is 1.10. The van der Waals surface area contributed by atoms with E-state index in [1.165, 1.54) is 5.69 Å². The van der Waals surface area contributed by atoms with Crippen LogP contribution in [0.3, 0.4) is 0 Å². The Bertz CT molecular complexity index is 528. The Morgan fingerprint density at radius 2 is 2.05 bits per heavy atom. The normalized spacial score (nSPS) is 24.3. The molecule has 0 radical (unpaired) electrons. The zero-order chi connectivity index (χ0) is 14.9. The molecule has 1 aliphatic heterocycles. The maximum atomic E-state index is 12.4. The Labute approximate surface area is 134 Å². The van der Waals surface area contributed by atoms with E-state index in [2.05, 4.69) is 38.3 Å². The van der Waals surface area contributed by atoms with Crippen molar-refractivity contribution in [3.63, 3.8) is 0 Å². The molecule has 5 heteroatoms. The summed E-state index contributed by atoms with van der Waals surface area (Å²) in [6.07, 6.45) is 4.75. The summed E-state index contributed by atoms with van der Waals surface area (Å²) in [5.74, 6) is 0.0407. The van der Waals surface area contributed by atoms with Crippen LogP contribution in [0.4, 0.5) is 5.69 Å². The van der Waals surface area contributed by atoms with Crippen LogP contribution in [0.1, 0.15) is 32.1 Å². The summed E-state index contributed by atoms with van der Waals surface area (Å²) >= 11 is 3.59. The van der Waals surface area contributed by atoms with Crippen molar-refractivity contribution in [3.8, 4) is 0 Å². The van der Waals surface area contributed by atoms with Crippen LogP contribution in [0.2, 0.25) is 0 Å². The van der Waals surface area contributed by atoms with Gasteiger partial charge in [-0.25, -0.2) is 0 Å². The van der Waals surface area contributed by atoms with Gasteiger partial charge in [-0.15, -0.1) is 0 Å². The molecule has 1 aromatic rings. The van der Waals surface area contributed by atoms with Crippen molar-refractivity contribution in [2.24, 2.45) is 5.73 Å². The molecule has 2 fully saturated rings. The number of hydrogen-bond donors (Lipinski definition) is 2. The summed E-state index contributed by atoms with van der Waals surface area (Å²) in [4.78, 5) is 14.7. The van der Waals surface area contributed by atoms with Crippen LogP contribution in [0, 0.1) is 0 Å². The third-order valence-electron chi connectivity index (χ3n) is 4.66. The molecule has 1 aromatic carbocycles. The van der Waals surface area contributed by atoms with Crippen molar-refractivity contribution in [1.29, 1.82) is 0 Å². The molecule has 3 N–H and O–H groups in total. The number of nitrogens with zero attached hydrogens (tertiary/aromatic N) is 1. The number of nitrogens with two attached hydrogens (primary N) is 1. The van der Waals surface area contributed by atoms with Crippen LogP contribution in [0.5, 0.6) is 0 Å². The van der Waals surface area contributed by atoms with E-state index in [0.29, 0.717) is 0 Å². The Hall–Kier alpha value is -1.07. The molecule has 0 aromatic heterocycles. The molecule has 1 heterocycles. The van der Waals surface area contributed by atoms with E-state index >= 15 is 0 Å². The first-order chi connectivity index (χ1) is 10.1. The maximum absolute atomic E-state index is 12.4. The molecule has 4 nitrogen and oxygen atoms in total. The Morgan fingerprint density at radius 1 is 1.33 bits per heavy atom. The highest BCUT2D eigenvalue weighted by Gasteiger charge is 2.38. The number of rotatable bonds is 3. The van der Waals surface area contributed by atoms with Crippen LogP contribution >= 0.6 is 15.9 Å². The summed E-state index contributed by atoms with van der Waals surface area (Å²) in [5.41, 5.74) is 6.79. The summed E-state index contributed by atoms with van der Waals surface area (Å²) in [7, 11) is 0. The number of nitrogens with one attached hydrogen (secondary N) is 1. The van der Waals surface area contributed by atoms with Crippen LogP contribution in [0.25, 0.3) is 0 Å². The second-order valence-corrected chi connectivity index (χ2v) is 7.07. The predicted molar refractivity (Wildman–Crippen MR) is 88.3 cm³/mol. The SMILES string of the molecule is NC1(C(=O)NC2CCN(c3ccccc3Br)C2)CCCC1. The average molecular weight is 352 g/mol. The minimum atomic E-state index is -0.624. The molecular weight excluding hydrogens is 330 g/mol. The van der Waals surface area contributed by atoms with Gasteiger partial charge in [0.05, 0.1) is 11.2 Å². The Balaban J connectivity index is 1.60. The van der Waals surface area contributed by atoms with Gasteiger partial charge in [-0.05, 0) is 47.3 Å². The number of benzene rings is 1. The van der Waals surface area contributed by atoms with Gasteiger partial charge in [0.1, 0.15) is 0 Å². The van der Waals surface area contributed by atoms with E-state index in [1.807, 2.05) is 12.1 Å². The van der Waals surface area contributed by atoms with Gasteiger partial charge >= 0.3 is 0 Å². The lowest BCUT2D eigenvalue weighted by Gasteiger charge is -2.25. The van der Waals surface area contributed by atoms with E-state index < -0.39 is 5.54 Å². The third-order valence-corrected chi connectivity index (χ3v) is 5.34. The van der Waals surface area contributed by atoms with Crippen molar-refractivity contribution in [2.75, 3.05) is 18.0 Å². The number of para-hydroxylation sites is 1. The fourth-order valence-corrected chi connectivity index (χ4v) is 3.90. The highest BCUT2D eigenvalue weighted by molar-refractivity contribution is 9.10. The lowest BCUT2D eigenvalue weighted by Crippen LogP contribution is -2.54. The lowest BCUT2D eigenvalue weighted by molar-refractivity contribution is -0.126. The van der Waals surface area contributed by atoms with E-state index in [4.69, 9.17) is 5.73 Å². The minimum Gasteiger partial charge on any atom is -0.368 e. The molecule has 0 bridgehead atoms. The lowest BCUT2D eigenvalue weighted by atomic mass is 9.97. The largest absolute Gasteiger partial charge is 0.368 e. The molecule has 3 rings (SSSR count). The molecule has 1 saturated carbocycles. The summed E-state index contributed by atoms with van der Waals surface area (Å²) in [5, 5.41) is 3.16. The van der Waals surface area contributed by atoms with Gasteiger partial charge in [0, 0.05) is 23.6 Å². The first-order valence-corrected chi connectivity index (χ1v) is 8.47. The molecule has 2 aliphatic rings. The third kappa shape index (κ3) is 3.09. The second kappa shape index (κ2) is 5.97. The number of anilines is 1. The van der Waals surface area contributed by atoms with Gasteiger partial charge in [-0.1, -0.05) is 25.0 Å². The smallest absolute Gasteiger partial charge is 0.240 e.